The Labute approximate surface area is 116 Å². The Morgan fingerprint density at radius 3 is 2.85 bits per heavy atom. The molecule has 0 saturated carbocycles. The van der Waals surface area contributed by atoms with Crippen LogP contribution in [0.15, 0.2) is 12.1 Å². The van der Waals surface area contributed by atoms with E-state index in [4.69, 9.17) is 4.74 Å². The second kappa shape index (κ2) is 4.79. The van der Waals surface area contributed by atoms with Crippen molar-refractivity contribution in [2.24, 2.45) is 5.92 Å². The summed E-state index contributed by atoms with van der Waals surface area (Å²) in [7, 11) is 1.49. The number of hydrogen-bond donors (Lipinski definition) is 2. The van der Waals surface area contributed by atoms with Gasteiger partial charge in [0.1, 0.15) is 11.3 Å². The van der Waals surface area contributed by atoms with Gasteiger partial charge < -0.3 is 15.2 Å². The monoisotopic (exact) mass is 275 g/mol. The van der Waals surface area contributed by atoms with E-state index in [0.29, 0.717) is 11.7 Å². The van der Waals surface area contributed by atoms with Gasteiger partial charge in [0.15, 0.2) is 0 Å². The predicted octanol–water partition coefficient (Wildman–Crippen LogP) is 1.27. The third kappa shape index (κ3) is 1.92. The Hall–Kier alpha value is -2.08. The van der Waals surface area contributed by atoms with Gasteiger partial charge in [-0.1, -0.05) is 0 Å². The molecule has 0 bridgehead atoms. The van der Waals surface area contributed by atoms with E-state index >= 15 is 0 Å². The summed E-state index contributed by atoms with van der Waals surface area (Å²) in [6.45, 7) is 4.81. The van der Waals surface area contributed by atoms with Crippen molar-refractivity contribution in [2.45, 2.75) is 13.5 Å². The summed E-state index contributed by atoms with van der Waals surface area (Å²) in [6, 6.07) is 3.29. The van der Waals surface area contributed by atoms with E-state index in [0.717, 1.165) is 36.2 Å². The van der Waals surface area contributed by atoms with Gasteiger partial charge in [-0.2, -0.15) is 5.10 Å². The van der Waals surface area contributed by atoms with Crippen LogP contribution in [0.25, 0.3) is 10.9 Å². The van der Waals surface area contributed by atoms with Gasteiger partial charge in [-0.3, -0.25) is 4.68 Å². The van der Waals surface area contributed by atoms with Crippen LogP contribution in [0.4, 0.5) is 0 Å². The van der Waals surface area contributed by atoms with E-state index in [1.807, 2.05) is 11.6 Å². The van der Waals surface area contributed by atoms with Crippen LogP contribution in [0.1, 0.15) is 16.1 Å². The van der Waals surface area contributed by atoms with Crippen molar-refractivity contribution in [1.29, 1.82) is 0 Å². The number of carboxylic acid groups (broad SMARTS) is 1. The van der Waals surface area contributed by atoms with Crippen LogP contribution < -0.4 is 10.1 Å². The molecule has 2 heterocycles. The molecule has 1 fully saturated rings. The Morgan fingerprint density at radius 2 is 2.30 bits per heavy atom. The van der Waals surface area contributed by atoms with Gasteiger partial charge in [0, 0.05) is 31.2 Å². The van der Waals surface area contributed by atoms with Gasteiger partial charge in [-0.25, -0.2) is 4.79 Å². The Morgan fingerprint density at radius 1 is 1.55 bits per heavy atom. The summed E-state index contributed by atoms with van der Waals surface area (Å²) in [4.78, 5) is 11.3. The molecule has 0 aliphatic carbocycles. The van der Waals surface area contributed by atoms with Crippen molar-refractivity contribution < 1.29 is 14.6 Å². The minimum atomic E-state index is -0.987. The number of rotatable bonds is 4. The first-order valence-electron chi connectivity index (χ1n) is 6.60. The highest BCUT2D eigenvalue weighted by Gasteiger charge is 2.22. The molecule has 20 heavy (non-hydrogen) atoms. The lowest BCUT2D eigenvalue weighted by atomic mass is 10.0. The molecule has 1 aromatic heterocycles. The minimum absolute atomic E-state index is 0.174. The van der Waals surface area contributed by atoms with E-state index in [9.17, 15) is 9.90 Å². The molecule has 1 aromatic carbocycles. The topological polar surface area (TPSA) is 76.4 Å². The summed E-state index contributed by atoms with van der Waals surface area (Å²) >= 11 is 0. The molecule has 1 aliphatic rings. The van der Waals surface area contributed by atoms with E-state index in [2.05, 4.69) is 10.4 Å². The van der Waals surface area contributed by atoms with E-state index in [1.54, 1.807) is 12.1 Å². The van der Waals surface area contributed by atoms with Gasteiger partial charge in [-0.05, 0) is 19.1 Å². The number of aromatic nitrogens is 2. The fraction of sp³-hybridized carbons (Fsp3) is 0.429. The van der Waals surface area contributed by atoms with Gasteiger partial charge in [0.05, 0.1) is 18.0 Å². The lowest BCUT2D eigenvalue weighted by Crippen LogP contribution is -2.44. The maximum Gasteiger partial charge on any atom is 0.339 e. The summed E-state index contributed by atoms with van der Waals surface area (Å²) in [5.74, 6) is -0.00229. The maximum atomic E-state index is 11.3. The summed E-state index contributed by atoms with van der Waals surface area (Å²) in [5.41, 5.74) is 1.90. The normalized spacial score (nSPS) is 15.3. The molecule has 0 unspecified atom stereocenters. The molecule has 1 aliphatic heterocycles. The molecule has 2 N–H and O–H groups in total. The molecule has 3 rings (SSSR count). The van der Waals surface area contributed by atoms with Crippen LogP contribution >= 0.6 is 0 Å². The molecule has 6 nitrogen and oxygen atoms in total. The number of nitrogens with one attached hydrogen (secondary N) is 1. The highest BCUT2D eigenvalue weighted by Crippen LogP contribution is 2.32. The molecular formula is C14H17N3O3. The molecular weight excluding hydrogens is 258 g/mol. The molecule has 2 aromatic rings. The Kier molecular flexibility index (Phi) is 3.10. The van der Waals surface area contributed by atoms with Crippen molar-refractivity contribution in [3.8, 4) is 5.75 Å². The van der Waals surface area contributed by atoms with Crippen molar-refractivity contribution in [1.82, 2.24) is 15.1 Å². The lowest BCUT2D eigenvalue weighted by Gasteiger charge is -2.27. The predicted molar refractivity (Wildman–Crippen MR) is 74.3 cm³/mol. The van der Waals surface area contributed by atoms with Crippen LogP contribution in [0, 0.1) is 12.8 Å². The van der Waals surface area contributed by atoms with Crippen LogP contribution in [0.5, 0.6) is 5.75 Å². The molecule has 0 radical (unpaired) electrons. The number of nitrogens with zero attached hydrogens (tertiary/aromatic N) is 2. The SMILES string of the molecule is COc1c(C(=O)O)ccc2nn(CC3CNC3)c(C)c12. The number of carboxylic acids is 1. The van der Waals surface area contributed by atoms with E-state index < -0.39 is 5.97 Å². The summed E-state index contributed by atoms with van der Waals surface area (Å²) in [6.07, 6.45) is 0. The maximum absolute atomic E-state index is 11.3. The van der Waals surface area contributed by atoms with E-state index in [1.165, 1.54) is 7.11 Å². The second-order valence-corrected chi connectivity index (χ2v) is 5.14. The molecule has 0 atom stereocenters. The van der Waals surface area contributed by atoms with Crippen molar-refractivity contribution in [3.05, 3.63) is 23.4 Å². The lowest BCUT2D eigenvalue weighted by molar-refractivity contribution is 0.0693. The van der Waals surface area contributed by atoms with Crippen molar-refractivity contribution in [2.75, 3.05) is 20.2 Å². The minimum Gasteiger partial charge on any atom is -0.495 e. The first-order chi connectivity index (χ1) is 9.61. The fourth-order valence-electron chi connectivity index (χ4n) is 2.62. The largest absolute Gasteiger partial charge is 0.495 e. The highest BCUT2D eigenvalue weighted by atomic mass is 16.5. The summed E-state index contributed by atoms with van der Waals surface area (Å²) < 4.78 is 7.26. The van der Waals surface area contributed by atoms with Crippen LogP contribution in [0.3, 0.4) is 0 Å². The quantitative estimate of drug-likeness (QED) is 0.878. The Bertz CT molecular complexity index is 674. The molecule has 106 valence electrons. The number of fused-ring (bicyclic) bond motifs is 1. The van der Waals surface area contributed by atoms with E-state index in [-0.39, 0.29) is 5.56 Å². The average Bonchev–Trinajstić information content (AvgIpc) is 2.69. The van der Waals surface area contributed by atoms with Gasteiger partial charge in [-0.15, -0.1) is 0 Å². The first kappa shape index (κ1) is 12.9. The highest BCUT2D eigenvalue weighted by molar-refractivity contribution is 6.00. The number of benzene rings is 1. The number of aryl methyl sites for hydroxylation is 1. The number of methoxy groups -OCH3 is 1. The number of aromatic carboxylic acids is 1. The number of ether oxygens (including phenoxy) is 1. The first-order valence-corrected chi connectivity index (χ1v) is 6.60. The average molecular weight is 275 g/mol. The van der Waals surface area contributed by atoms with Gasteiger partial charge in [0.25, 0.3) is 0 Å². The zero-order valence-electron chi connectivity index (χ0n) is 11.5. The number of hydrogen-bond acceptors (Lipinski definition) is 4. The summed E-state index contributed by atoms with van der Waals surface area (Å²) in [5, 5.41) is 17.8. The fourth-order valence-corrected chi connectivity index (χ4v) is 2.62. The van der Waals surface area contributed by atoms with Crippen LogP contribution in [-0.4, -0.2) is 41.1 Å². The third-order valence-electron chi connectivity index (χ3n) is 3.84. The van der Waals surface area contributed by atoms with Crippen molar-refractivity contribution in [3.63, 3.8) is 0 Å². The van der Waals surface area contributed by atoms with Crippen molar-refractivity contribution >= 4 is 16.9 Å². The molecule has 1 saturated heterocycles. The van der Waals surface area contributed by atoms with Crippen LogP contribution in [0.2, 0.25) is 0 Å². The Balaban J connectivity index is 2.12. The zero-order valence-corrected chi connectivity index (χ0v) is 11.5. The third-order valence-corrected chi connectivity index (χ3v) is 3.84. The molecule has 0 amide bonds. The molecule has 6 heteroatoms. The molecule has 0 spiro atoms. The second-order valence-electron chi connectivity index (χ2n) is 5.14. The van der Waals surface area contributed by atoms with Crippen LogP contribution in [-0.2, 0) is 6.54 Å². The standard InChI is InChI=1S/C14H17N3O3/c1-8-12-11(16-17(8)7-9-5-15-6-9)4-3-10(14(18)19)13(12)20-2/h3-4,9,15H,5-7H2,1-2H3,(H,18,19). The van der Waals surface area contributed by atoms with Gasteiger partial charge >= 0.3 is 5.97 Å². The smallest absolute Gasteiger partial charge is 0.339 e. The van der Waals surface area contributed by atoms with Gasteiger partial charge in [0.2, 0.25) is 0 Å². The zero-order chi connectivity index (χ0) is 14.3. The number of carbonyl (C=O) groups is 1.